The Hall–Kier alpha value is -2.91. The highest BCUT2D eigenvalue weighted by Crippen LogP contribution is 2.22. The minimum absolute atomic E-state index is 0.228. The third-order valence-corrected chi connectivity index (χ3v) is 3.89. The fraction of sp³-hybridized carbons (Fsp3) is 0.375. The Morgan fingerprint density at radius 1 is 1.12 bits per heavy atom. The van der Waals surface area contributed by atoms with E-state index in [-0.39, 0.29) is 13.1 Å². The Balaban J connectivity index is 1.54. The van der Waals surface area contributed by atoms with Crippen LogP contribution < -0.4 is 10.2 Å². The van der Waals surface area contributed by atoms with Crippen LogP contribution in [0.1, 0.15) is 6.42 Å². The third kappa shape index (κ3) is 4.80. The van der Waals surface area contributed by atoms with E-state index in [1.54, 1.807) is 30.6 Å². The van der Waals surface area contributed by atoms with Crippen molar-refractivity contribution in [3.8, 4) is 0 Å². The van der Waals surface area contributed by atoms with Gasteiger partial charge < -0.3 is 15.1 Å². The van der Waals surface area contributed by atoms with Crippen LogP contribution in [0.25, 0.3) is 0 Å². The summed E-state index contributed by atoms with van der Waals surface area (Å²) in [5, 5.41) is 11.3. The molecule has 0 atom stereocenters. The Labute approximate surface area is 147 Å². The normalized spacial score (nSPS) is 15.0. The summed E-state index contributed by atoms with van der Waals surface area (Å²) in [4.78, 5) is 18.7. The molecule has 0 aliphatic carbocycles. The minimum Gasteiger partial charge on any atom is -0.352 e. The standard InChI is InChI=1S/C16H17F3N6O/c17-16(18,19)10-15(26)25-8-6-24(7-9-25)14-4-3-13(22-23-14)21-12-2-1-5-20-11-12/h1-5,11H,6-10H2,(H,21,22). The lowest BCUT2D eigenvalue weighted by molar-refractivity contribution is -0.161. The first-order valence-corrected chi connectivity index (χ1v) is 8.01. The molecule has 1 amide bonds. The molecule has 3 heterocycles. The molecule has 1 N–H and O–H groups in total. The van der Waals surface area contributed by atoms with Crippen molar-refractivity contribution in [3.63, 3.8) is 0 Å². The molecule has 1 aliphatic rings. The van der Waals surface area contributed by atoms with Crippen LogP contribution in [-0.4, -0.2) is 58.3 Å². The number of nitrogens with one attached hydrogen (secondary N) is 1. The first-order chi connectivity index (χ1) is 12.4. The quantitative estimate of drug-likeness (QED) is 0.894. The zero-order chi connectivity index (χ0) is 18.6. The van der Waals surface area contributed by atoms with E-state index in [0.29, 0.717) is 24.7 Å². The van der Waals surface area contributed by atoms with Gasteiger partial charge in [0.15, 0.2) is 11.6 Å². The minimum atomic E-state index is -4.48. The number of nitrogens with zero attached hydrogens (tertiary/aromatic N) is 5. The van der Waals surface area contributed by atoms with Gasteiger partial charge in [-0.15, -0.1) is 10.2 Å². The van der Waals surface area contributed by atoms with Crippen LogP contribution in [0, 0.1) is 0 Å². The number of anilines is 3. The Morgan fingerprint density at radius 2 is 1.88 bits per heavy atom. The molecule has 1 fully saturated rings. The number of hydrogen-bond donors (Lipinski definition) is 1. The van der Waals surface area contributed by atoms with Crippen molar-refractivity contribution in [1.82, 2.24) is 20.1 Å². The molecule has 2 aromatic rings. The number of alkyl halides is 3. The van der Waals surface area contributed by atoms with E-state index in [2.05, 4.69) is 20.5 Å². The van der Waals surface area contributed by atoms with Crippen molar-refractivity contribution < 1.29 is 18.0 Å². The number of carbonyl (C=O) groups excluding carboxylic acids is 1. The van der Waals surface area contributed by atoms with E-state index >= 15 is 0 Å². The molecule has 3 rings (SSSR count). The van der Waals surface area contributed by atoms with E-state index in [1.807, 2.05) is 11.0 Å². The maximum atomic E-state index is 12.3. The van der Waals surface area contributed by atoms with Gasteiger partial charge in [-0.3, -0.25) is 9.78 Å². The van der Waals surface area contributed by atoms with Gasteiger partial charge in [0.2, 0.25) is 5.91 Å². The SMILES string of the molecule is O=C(CC(F)(F)F)N1CCN(c2ccc(Nc3cccnc3)nn2)CC1. The largest absolute Gasteiger partial charge is 0.397 e. The van der Waals surface area contributed by atoms with Crippen LogP contribution in [-0.2, 0) is 4.79 Å². The summed E-state index contributed by atoms with van der Waals surface area (Å²) in [7, 11) is 0. The van der Waals surface area contributed by atoms with Crippen LogP contribution >= 0.6 is 0 Å². The molecule has 0 spiro atoms. The summed E-state index contributed by atoms with van der Waals surface area (Å²) in [6.07, 6.45) is -2.57. The lowest BCUT2D eigenvalue weighted by Gasteiger charge is -2.35. The molecule has 0 unspecified atom stereocenters. The summed E-state index contributed by atoms with van der Waals surface area (Å²) < 4.78 is 36.9. The average Bonchev–Trinajstić information content (AvgIpc) is 2.62. The molecule has 2 aromatic heterocycles. The summed E-state index contributed by atoms with van der Waals surface area (Å²) in [5.41, 5.74) is 0.784. The number of amides is 1. The van der Waals surface area contributed by atoms with Gasteiger partial charge in [-0.25, -0.2) is 0 Å². The van der Waals surface area contributed by atoms with Crippen LogP contribution in [0.4, 0.5) is 30.5 Å². The molecule has 10 heteroatoms. The molecule has 26 heavy (non-hydrogen) atoms. The zero-order valence-electron chi connectivity index (χ0n) is 13.8. The lowest BCUT2D eigenvalue weighted by atomic mass is 10.2. The van der Waals surface area contributed by atoms with Gasteiger partial charge in [0, 0.05) is 32.4 Å². The monoisotopic (exact) mass is 366 g/mol. The Morgan fingerprint density at radius 3 is 2.46 bits per heavy atom. The van der Waals surface area contributed by atoms with Crippen molar-refractivity contribution in [2.75, 3.05) is 36.4 Å². The van der Waals surface area contributed by atoms with Crippen molar-refractivity contribution in [2.45, 2.75) is 12.6 Å². The molecule has 0 radical (unpaired) electrons. The van der Waals surface area contributed by atoms with E-state index < -0.39 is 18.5 Å². The summed E-state index contributed by atoms with van der Waals surface area (Å²) >= 11 is 0. The number of halogens is 3. The molecular formula is C16H17F3N6O. The average molecular weight is 366 g/mol. The zero-order valence-corrected chi connectivity index (χ0v) is 13.8. The van der Waals surface area contributed by atoms with Crippen molar-refractivity contribution in [3.05, 3.63) is 36.7 Å². The molecule has 1 aliphatic heterocycles. The van der Waals surface area contributed by atoms with Gasteiger partial charge in [0.1, 0.15) is 6.42 Å². The summed E-state index contributed by atoms with van der Waals surface area (Å²) in [6, 6.07) is 7.18. The van der Waals surface area contributed by atoms with E-state index in [9.17, 15) is 18.0 Å². The lowest BCUT2D eigenvalue weighted by Crippen LogP contribution is -2.49. The molecule has 7 nitrogen and oxygen atoms in total. The number of carbonyl (C=O) groups is 1. The molecule has 0 saturated carbocycles. The maximum Gasteiger partial charge on any atom is 0.397 e. The number of aromatic nitrogens is 3. The van der Waals surface area contributed by atoms with Gasteiger partial charge in [0.25, 0.3) is 0 Å². The van der Waals surface area contributed by atoms with Gasteiger partial charge in [-0.05, 0) is 24.3 Å². The molecule has 0 aromatic carbocycles. The third-order valence-electron chi connectivity index (χ3n) is 3.89. The van der Waals surface area contributed by atoms with Gasteiger partial charge >= 0.3 is 6.18 Å². The Bertz CT molecular complexity index is 730. The fourth-order valence-corrected chi connectivity index (χ4v) is 2.61. The predicted molar refractivity (Wildman–Crippen MR) is 89.0 cm³/mol. The van der Waals surface area contributed by atoms with E-state index in [1.165, 1.54) is 4.90 Å². The van der Waals surface area contributed by atoms with E-state index in [4.69, 9.17) is 0 Å². The van der Waals surface area contributed by atoms with Crippen LogP contribution in [0.15, 0.2) is 36.7 Å². The highest BCUT2D eigenvalue weighted by molar-refractivity contribution is 5.77. The van der Waals surface area contributed by atoms with Crippen LogP contribution in [0.3, 0.4) is 0 Å². The predicted octanol–water partition coefficient (Wildman–Crippen LogP) is 2.22. The van der Waals surface area contributed by atoms with Crippen LogP contribution in [0.5, 0.6) is 0 Å². The number of rotatable bonds is 4. The van der Waals surface area contributed by atoms with Crippen molar-refractivity contribution in [1.29, 1.82) is 0 Å². The second-order valence-corrected chi connectivity index (χ2v) is 5.80. The van der Waals surface area contributed by atoms with Crippen molar-refractivity contribution >= 4 is 23.2 Å². The Kier molecular flexibility index (Phi) is 5.19. The summed E-state index contributed by atoms with van der Waals surface area (Å²) in [5.74, 6) is 0.282. The first kappa shape index (κ1) is 17.9. The number of pyridine rings is 1. The van der Waals surface area contributed by atoms with E-state index in [0.717, 1.165) is 5.69 Å². The number of piperazine rings is 1. The molecule has 0 bridgehead atoms. The highest BCUT2D eigenvalue weighted by atomic mass is 19.4. The first-order valence-electron chi connectivity index (χ1n) is 8.01. The molecular weight excluding hydrogens is 349 g/mol. The van der Waals surface area contributed by atoms with Gasteiger partial charge in [0.05, 0.1) is 11.9 Å². The molecule has 138 valence electrons. The second-order valence-electron chi connectivity index (χ2n) is 5.80. The van der Waals surface area contributed by atoms with Gasteiger partial charge in [-0.2, -0.15) is 13.2 Å². The van der Waals surface area contributed by atoms with Gasteiger partial charge in [-0.1, -0.05) is 0 Å². The number of hydrogen-bond acceptors (Lipinski definition) is 6. The highest BCUT2D eigenvalue weighted by Gasteiger charge is 2.34. The maximum absolute atomic E-state index is 12.3. The second kappa shape index (κ2) is 7.54. The smallest absolute Gasteiger partial charge is 0.352 e. The van der Waals surface area contributed by atoms with Crippen LogP contribution in [0.2, 0.25) is 0 Å². The fourth-order valence-electron chi connectivity index (χ4n) is 2.61. The topological polar surface area (TPSA) is 74.2 Å². The summed E-state index contributed by atoms with van der Waals surface area (Å²) in [6.45, 7) is 1.28. The molecule has 1 saturated heterocycles. The van der Waals surface area contributed by atoms with Crippen molar-refractivity contribution in [2.24, 2.45) is 0 Å².